The van der Waals surface area contributed by atoms with Gasteiger partial charge in [-0.2, -0.15) is 0 Å². The molecule has 2 rings (SSSR count). The van der Waals surface area contributed by atoms with Gasteiger partial charge in [-0.25, -0.2) is 0 Å². The highest BCUT2D eigenvalue weighted by Crippen LogP contribution is 2.47. The standard InChI is InChI=1S/C11H20OS/c1-9(2)10-3-5-11(6-4-10)7-13(12)8-11/h9-10H,3-8H2,1-2H3. The molecule has 2 aliphatic rings. The van der Waals surface area contributed by atoms with E-state index in [1.165, 1.54) is 25.7 Å². The summed E-state index contributed by atoms with van der Waals surface area (Å²) in [6.45, 7) is 4.67. The van der Waals surface area contributed by atoms with Gasteiger partial charge in [0.25, 0.3) is 0 Å². The highest BCUT2D eigenvalue weighted by molar-refractivity contribution is 7.86. The maximum absolute atomic E-state index is 11.1. The summed E-state index contributed by atoms with van der Waals surface area (Å²) >= 11 is 0. The first-order valence-electron chi connectivity index (χ1n) is 5.46. The molecule has 1 aliphatic carbocycles. The van der Waals surface area contributed by atoms with E-state index in [9.17, 15) is 4.21 Å². The normalized spacial score (nSPS) is 45.2. The molecular weight excluding hydrogens is 180 g/mol. The predicted octanol–water partition coefficient (Wildman–Crippen LogP) is 2.58. The van der Waals surface area contributed by atoms with E-state index in [0.29, 0.717) is 5.41 Å². The van der Waals surface area contributed by atoms with Crippen LogP contribution >= 0.6 is 0 Å². The van der Waals surface area contributed by atoms with Crippen LogP contribution in [0.3, 0.4) is 0 Å². The van der Waals surface area contributed by atoms with Crippen LogP contribution in [-0.2, 0) is 10.8 Å². The first-order chi connectivity index (χ1) is 6.11. The molecule has 2 heteroatoms. The van der Waals surface area contributed by atoms with Gasteiger partial charge in [-0.3, -0.25) is 4.21 Å². The summed E-state index contributed by atoms with van der Waals surface area (Å²) in [4.78, 5) is 0. The maximum Gasteiger partial charge on any atom is 0.0300 e. The molecule has 0 aromatic rings. The van der Waals surface area contributed by atoms with Gasteiger partial charge in [-0.15, -0.1) is 0 Å². The van der Waals surface area contributed by atoms with Crippen LogP contribution in [0.1, 0.15) is 39.5 Å². The Kier molecular flexibility index (Phi) is 2.52. The SMILES string of the molecule is CC(C)C1CCC2(CC1)CS(=O)C2. The highest BCUT2D eigenvalue weighted by Gasteiger charge is 2.44. The fraction of sp³-hybridized carbons (Fsp3) is 1.00. The van der Waals surface area contributed by atoms with Crippen LogP contribution in [-0.4, -0.2) is 15.7 Å². The van der Waals surface area contributed by atoms with E-state index in [1.54, 1.807) is 0 Å². The molecule has 0 aromatic heterocycles. The minimum atomic E-state index is -0.451. The van der Waals surface area contributed by atoms with Crippen molar-refractivity contribution in [1.82, 2.24) is 0 Å². The smallest absolute Gasteiger partial charge is 0.0300 e. The van der Waals surface area contributed by atoms with Gasteiger partial charge in [-0.1, -0.05) is 13.8 Å². The molecule has 1 spiro atoms. The van der Waals surface area contributed by atoms with Crippen molar-refractivity contribution in [3.05, 3.63) is 0 Å². The Bertz CT molecular complexity index is 204. The molecule has 1 saturated heterocycles. The summed E-state index contributed by atoms with van der Waals surface area (Å²) in [5.41, 5.74) is 0.538. The lowest BCUT2D eigenvalue weighted by molar-refractivity contribution is 0.156. The Morgan fingerprint density at radius 3 is 2.15 bits per heavy atom. The molecule has 0 bridgehead atoms. The lowest BCUT2D eigenvalue weighted by Gasteiger charge is -2.46. The molecular formula is C11H20OS. The zero-order valence-corrected chi connectivity index (χ0v) is 9.53. The molecule has 13 heavy (non-hydrogen) atoms. The quantitative estimate of drug-likeness (QED) is 0.636. The summed E-state index contributed by atoms with van der Waals surface area (Å²) < 4.78 is 11.1. The molecule has 1 aliphatic heterocycles. The Morgan fingerprint density at radius 2 is 1.77 bits per heavy atom. The van der Waals surface area contributed by atoms with E-state index in [1.807, 2.05) is 0 Å². The third kappa shape index (κ3) is 1.83. The van der Waals surface area contributed by atoms with E-state index in [4.69, 9.17) is 0 Å². The topological polar surface area (TPSA) is 17.1 Å². The molecule has 0 radical (unpaired) electrons. The van der Waals surface area contributed by atoms with Crippen LogP contribution in [0.25, 0.3) is 0 Å². The van der Waals surface area contributed by atoms with Gasteiger partial charge >= 0.3 is 0 Å². The summed E-state index contributed by atoms with van der Waals surface area (Å²) in [5.74, 6) is 3.82. The molecule has 1 saturated carbocycles. The van der Waals surface area contributed by atoms with Gasteiger partial charge in [0.05, 0.1) is 0 Å². The van der Waals surface area contributed by atoms with E-state index in [0.717, 1.165) is 23.3 Å². The van der Waals surface area contributed by atoms with Crippen molar-refractivity contribution in [2.24, 2.45) is 17.3 Å². The van der Waals surface area contributed by atoms with E-state index in [-0.39, 0.29) is 0 Å². The molecule has 1 heterocycles. The lowest BCUT2D eigenvalue weighted by Crippen LogP contribution is -2.47. The Morgan fingerprint density at radius 1 is 1.23 bits per heavy atom. The highest BCUT2D eigenvalue weighted by atomic mass is 32.2. The van der Waals surface area contributed by atoms with Crippen molar-refractivity contribution in [1.29, 1.82) is 0 Å². The molecule has 0 N–H and O–H groups in total. The summed E-state index contributed by atoms with van der Waals surface area (Å²) in [6.07, 6.45) is 5.47. The summed E-state index contributed by atoms with van der Waals surface area (Å²) in [5, 5.41) is 0. The summed E-state index contributed by atoms with van der Waals surface area (Å²) in [6, 6.07) is 0. The predicted molar refractivity (Wildman–Crippen MR) is 57.1 cm³/mol. The Labute approximate surface area is 83.8 Å². The van der Waals surface area contributed by atoms with Gasteiger partial charge in [0.2, 0.25) is 0 Å². The van der Waals surface area contributed by atoms with Gasteiger partial charge < -0.3 is 0 Å². The van der Waals surface area contributed by atoms with Gasteiger partial charge in [-0.05, 0) is 42.9 Å². The van der Waals surface area contributed by atoms with E-state index >= 15 is 0 Å². The molecule has 76 valence electrons. The largest absolute Gasteiger partial charge is 0.260 e. The van der Waals surface area contributed by atoms with Crippen LogP contribution in [0.2, 0.25) is 0 Å². The lowest BCUT2D eigenvalue weighted by atomic mass is 9.69. The van der Waals surface area contributed by atoms with Crippen molar-refractivity contribution in [3.8, 4) is 0 Å². The van der Waals surface area contributed by atoms with Gasteiger partial charge in [0, 0.05) is 22.3 Å². The maximum atomic E-state index is 11.1. The number of rotatable bonds is 1. The van der Waals surface area contributed by atoms with Crippen molar-refractivity contribution in [2.45, 2.75) is 39.5 Å². The third-order valence-electron chi connectivity index (χ3n) is 3.97. The van der Waals surface area contributed by atoms with Gasteiger partial charge in [0.1, 0.15) is 0 Å². The molecule has 0 unspecified atom stereocenters. The fourth-order valence-electron chi connectivity index (χ4n) is 2.85. The average Bonchev–Trinajstić information content (AvgIpc) is 2.03. The van der Waals surface area contributed by atoms with Crippen LogP contribution in [0.15, 0.2) is 0 Å². The second-order valence-electron chi connectivity index (χ2n) is 5.31. The molecule has 2 fully saturated rings. The van der Waals surface area contributed by atoms with Gasteiger partial charge in [0.15, 0.2) is 0 Å². The molecule has 0 aromatic carbocycles. The second-order valence-corrected chi connectivity index (χ2v) is 6.77. The molecule has 0 atom stereocenters. The zero-order valence-electron chi connectivity index (χ0n) is 8.71. The first-order valence-corrected chi connectivity index (χ1v) is 6.95. The number of hydrogen-bond donors (Lipinski definition) is 0. The average molecular weight is 200 g/mol. The zero-order chi connectivity index (χ0) is 9.47. The van der Waals surface area contributed by atoms with Crippen LogP contribution in [0.5, 0.6) is 0 Å². The Hall–Kier alpha value is 0.150. The third-order valence-corrected chi connectivity index (χ3v) is 5.84. The second kappa shape index (κ2) is 3.38. The summed E-state index contributed by atoms with van der Waals surface area (Å²) in [7, 11) is -0.451. The van der Waals surface area contributed by atoms with Crippen LogP contribution in [0, 0.1) is 17.3 Å². The van der Waals surface area contributed by atoms with Crippen LogP contribution < -0.4 is 0 Å². The van der Waals surface area contributed by atoms with Crippen molar-refractivity contribution < 1.29 is 4.21 Å². The fourth-order valence-corrected chi connectivity index (χ4v) is 4.71. The minimum absolute atomic E-state index is 0.451. The molecule has 0 amide bonds. The van der Waals surface area contributed by atoms with E-state index in [2.05, 4.69) is 13.8 Å². The van der Waals surface area contributed by atoms with Crippen molar-refractivity contribution in [3.63, 3.8) is 0 Å². The number of hydrogen-bond acceptors (Lipinski definition) is 1. The van der Waals surface area contributed by atoms with Crippen molar-refractivity contribution in [2.75, 3.05) is 11.5 Å². The van der Waals surface area contributed by atoms with Crippen molar-refractivity contribution >= 4 is 10.8 Å². The van der Waals surface area contributed by atoms with Crippen LogP contribution in [0.4, 0.5) is 0 Å². The minimum Gasteiger partial charge on any atom is -0.260 e. The first kappa shape index (κ1) is 9.70. The Balaban J connectivity index is 1.86. The monoisotopic (exact) mass is 200 g/mol. The van der Waals surface area contributed by atoms with E-state index < -0.39 is 10.8 Å². The molecule has 1 nitrogen and oxygen atoms in total.